The normalized spacial score (nSPS) is 14.1. The summed E-state index contributed by atoms with van der Waals surface area (Å²) in [6.45, 7) is 0.811. The summed E-state index contributed by atoms with van der Waals surface area (Å²) in [7, 11) is 0. The van der Waals surface area contributed by atoms with Crippen molar-refractivity contribution in [3.63, 3.8) is 0 Å². The van der Waals surface area contributed by atoms with Gasteiger partial charge in [-0.05, 0) is 37.1 Å². The molecule has 0 atom stereocenters. The van der Waals surface area contributed by atoms with Gasteiger partial charge in [0.2, 0.25) is 11.8 Å². The number of amides is 2. The maximum Gasteiger partial charge on any atom is 0.417 e. The summed E-state index contributed by atoms with van der Waals surface area (Å²) in [5, 5.41) is 1.92. The third kappa shape index (κ3) is 4.76. The number of hydrogen-bond donors (Lipinski definition) is 2. The number of nitrogens with one attached hydrogen (secondary N) is 1. The molecule has 1 aliphatic heterocycles. The largest absolute Gasteiger partial charge is 0.417 e. The Morgan fingerprint density at radius 3 is 2.43 bits per heavy atom. The predicted octanol–water partition coefficient (Wildman–Crippen LogP) is 2.86. The molecule has 0 saturated carbocycles. The van der Waals surface area contributed by atoms with Crippen LogP contribution >= 0.6 is 11.6 Å². The first-order valence-electron chi connectivity index (χ1n) is 9.02. The number of carbonyl (C=O) groups is 2. The van der Waals surface area contributed by atoms with Gasteiger partial charge in [-0.25, -0.2) is 0 Å². The van der Waals surface area contributed by atoms with Crippen molar-refractivity contribution >= 4 is 34.8 Å². The number of primary amides is 1. The number of anilines is 2. The fourth-order valence-corrected chi connectivity index (χ4v) is 3.47. The maximum absolute atomic E-state index is 13.0. The van der Waals surface area contributed by atoms with Crippen LogP contribution in [0.2, 0.25) is 5.02 Å². The standard InChI is InChI=1S/C19H18ClF3N4O3/c20-13-8-12(19(21,22)23)9-27(18(13)30)10-16(28)25-14-7-11(17(24)29)3-4-15(14)26-5-1-2-6-26/h3-4,7-9H,1-2,5-6,10H2,(H2,24,29)(H,25,28). The summed E-state index contributed by atoms with van der Waals surface area (Å²) in [6, 6.07) is 5.09. The van der Waals surface area contributed by atoms with Gasteiger partial charge in [0.1, 0.15) is 11.6 Å². The first kappa shape index (κ1) is 21.7. The lowest BCUT2D eigenvalue weighted by Gasteiger charge is -2.22. The molecule has 30 heavy (non-hydrogen) atoms. The van der Waals surface area contributed by atoms with Gasteiger partial charge in [-0.3, -0.25) is 14.4 Å². The molecule has 1 fully saturated rings. The molecule has 3 rings (SSSR count). The van der Waals surface area contributed by atoms with E-state index >= 15 is 0 Å². The minimum Gasteiger partial charge on any atom is -0.370 e. The summed E-state index contributed by atoms with van der Waals surface area (Å²) in [4.78, 5) is 38.1. The second kappa shape index (κ2) is 8.39. The van der Waals surface area contributed by atoms with Crippen molar-refractivity contribution in [1.82, 2.24) is 4.57 Å². The zero-order valence-corrected chi connectivity index (χ0v) is 16.4. The molecule has 7 nitrogen and oxygen atoms in total. The molecule has 0 radical (unpaired) electrons. The van der Waals surface area contributed by atoms with Gasteiger partial charge < -0.3 is 20.5 Å². The summed E-state index contributed by atoms with van der Waals surface area (Å²) in [5.74, 6) is -1.45. The second-order valence-corrected chi connectivity index (χ2v) is 7.25. The van der Waals surface area contributed by atoms with Crippen molar-refractivity contribution in [2.75, 3.05) is 23.3 Å². The average Bonchev–Trinajstić information content (AvgIpc) is 3.18. The molecule has 1 saturated heterocycles. The number of alkyl halides is 3. The van der Waals surface area contributed by atoms with E-state index in [9.17, 15) is 27.6 Å². The monoisotopic (exact) mass is 442 g/mol. The molecule has 1 aromatic heterocycles. The molecule has 2 heterocycles. The van der Waals surface area contributed by atoms with Crippen LogP contribution in [0.4, 0.5) is 24.5 Å². The highest BCUT2D eigenvalue weighted by molar-refractivity contribution is 6.30. The van der Waals surface area contributed by atoms with E-state index in [1.807, 2.05) is 4.90 Å². The molecule has 1 aromatic carbocycles. The Morgan fingerprint density at radius 2 is 1.83 bits per heavy atom. The lowest BCUT2D eigenvalue weighted by atomic mass is 10.1. The molecular formula is C19H18ClF3N4O3. The Hall–Kier alpha value is -3.01. The van der Waals surface area contributed by atoms with Crippen molar-refractivity contribution in [2.24, 2.45) is 5.73 Å². The highest BCUT2D eigenvalue weighted by Gasteiger charge is 2.32. The van der Waals surface area contributed by atoms with Gasteiger partial charge in [0, 0.05) is 24.8 Å². The third-order valence-electron chi connectivity index (χ3n) is 4.69. The maximum atomic E-state index is 13.0. The van der Waals surface area contributed by atoms with Gasteiger partial charge in [-0.1, -0.05) is 11.6 Å². The number of pyridine rings is 1. The SMILES string of the molecule is NC(=O)c1ccc(N2CCCC2)c(NC(=O)Cn2cc(C(F)(F)F)cc(Cl)c2=O)c1. The predicted molar refractivity (Wildman–Crippen MR) is 106 cm³/mol. The van der Waals surface area contributed by atoms with E-state index in [4.69, 9.17) is 17.3 Å². The van der Waals surface area contributed by atoms with Crippen LogP contribution < -0.4 is 21.5 Å². The van der Waals surface area contributed by atoms with Gasteiger partial charge in [0.05, 0.1) is 16.9 Å². The van der Waals surface area contributed by atoms with Crippen LogP contribution in [0, 0.1) is 0 Å². The third-order valence-corrected chi connectivity index (χ3v) is 4.96. The zero-order chi connectivity index (χ0) is 22.1. The summed E-state index contributed by atoms with van der Waals surface area (Å²) in [6.07, 6.45) is -2.27. The van der Waals surface area contributed by atoms with Gasteiger partial charge >= 0.3 is 6.18 Å². The van der Waals surface area contributed by atoms with E-state index in [2.05, 4.69) is 5.32 Å². The fraction of sp³-hybridized carbons (Fsp3) is 0.316. The van der Waals surface area contributed by atoms with Gasteiger partial charge in [-0.15, -0.1) is 0 Å². The van der Waals surface area contributed by atoms with E-state index in [-0.39, 0.29) is 11.3 Å². The lowest BCUT2D eigenvalue weighted by molar-refractivity contribution is -0.138. The topological polar surface area (TPSA) is 97.4 Å². The Bertz CT molecular complexity index is 1050. The summed E-state index contributed by atoms with van der Waals surface area (Å²) in [5.41, 5.74) is 4.33. The molecular weight excluding hydrogens is 425 g/mol. The number of nitrogens with zero attached hydrogens (tertiary/aromatic N) is 2. The van der Waals surface area contributed by atoms with E-state index in [0.29, 0.717) is 22.5 Å². The molecule has 0 unspecified atom stereocenters. The van der Waals surface area contributed by atoms with Crippen LogP contribution in [0.15, 0.2) is 35.3 Å². The number of aromatic nitrogens is 1. The van der Waals surface area contributed by atoms with Crippen LogP contribution in [-0.4, -0.2) is 29.5 Å². The van der Waals surface area contributed by atoms with E-state index < -0.39 is 40.7 Å². The van der Waals surface area contributed by atoms with Crippen LogP contribution in [0.25, 0.3) is 0 Å². The second-order valence-electron chi connectivity index (χ2n) is 6.85. The van der Waals surface area contributed by atoms with Crippen molar-refractivity contribution in [3.8, 4) is 0 Å². The summed E-state index contributed by atoms with van der Waals surface area (Å²) < 4.78 is 39.5. The van der Waals surface area contributed by atoms with Gasteiger partial charge in [0.25, 0.3) is 5.56 Å². The van der Waals surface area contributed by atoms with E-state index in [1.54, 1.807) is 6.07 Å². The highest BCUT2D eigenvalue weighted by Crippen LogP contribution is 2.31. The van der Waals surface area contributed by atoms with Crippen LogP contribution in [0.3, 0.4) is 0 Å². The number of hydrogen-bond acceptors (Lipinski definition) is 4. The quantitative estimate of drug-likeness (QED) is 0.744. The Kier molecular flexibility index (Phi) is 6.06. The number of benzene rings is 1. The Balaban J connectivity index is 1.89. The van der Waals surface area contributed by atoms with Crippen molar-refractivity contribution in [2.45, 2.75) is 25.6 Å². The number of nitrogens with two attached hydrogens (primary N) is 1. The molecule has 160 valence electrons. The van der Waals surface area contributed by atoms with E-state index in [0.717, 1.165) is 25.9 Å². The molecule has 0 bridgehead atoms. The molecule has 2 aromatic rings. The Morgan fingerprint density at radius 1 is 1.17 bits per heavy atom. The number of halogens is 4. The average molecular weight is 443 g/mol. The molecule has 1 aliphatic rings. The molecule has 11 heteroatoms. The number of rotatable bonds is 5. The molecule has 3 N–H and O–H groups in total. The van der Waals surface area contributed by atoms with Crippen LogP contribution in [0.5, 0.6) is 0 Å². The smallest absolute Gasteiger partial charge is 0.370 e. The van der Waals surface area contributed by atoms with Crippen molar-refractivity contribution in [3.05, 3.63) is 57.0 Å². The van der Waals surface area contributed by atoms with Gasteiger partial charge in [0.15, 0.2) is 0 Å². The highest BCUT2D eigenvalue weighted by atomic mass is 35.5. The lowest BCUT2D eigenvalue weighted by Crippen LogP contribution is -2.30. The van der Waals surface area contributed by atoms with Crippen LogP contribution in [-0.2, 0) is 17.5 Å². The molecule has 2 amide bonds. The Labute approximate surface area is 174 Å². The van der Waals surface area contributed by atoms with Crippen LogP contribution in [0.1, 0.15) is 28.8 Å². The molecule has 0 aliphatic carbocycles. The molecule has 0 spiro atoms. The first-order chi connectivity index (χ1) is 14.1. The zero-order valence-electron chi connectivity index (χ0n) is 15.6. The number of carbonyl (C=O) groups excluding carboxylic acids is 2. The minimum atomic E-state index is -4.73. The van der Waals surface area contributed by atoms with Gasteiger partial charge in [-0.2, -0.15) is 13.2 Å². The van der Waals surface area contributed by atoms with Crippen molar-refractivity contribution in [1.29, 1.82) is 0 Å². The fourth-order valence-electron chi connectivity index (χ4n) is 3.24. The van der Waals surface area contributed by atoms with Crippen molar-refractivity contribution < 1.29 is 22.8 Å². The first-order valence-corrected chi connectivity index (χ1v) is 9.40. The minimum absolute atomic E-state index is 0.160. The summed E-state index contributed by atoms with van der Waals surface area (Å²) >= 11 is 5.61. The van der Waals surface area contributed by atoms with E-state index in [1.165, 1.54) is 12.1 Å².